The van der Waals surface area contributed by atoms with E-state index < -0.39 is 0 Å². The minimum atomic E-state index is 0.458. The van der Waals surface area contributed by atoms with Crippen molar-refractivity contribution < 1.29 is 0 Å². The normalized spacial score (nSPS) is 11.0. The van der Waals surface area contributed by atoms with Crippen LogP contribution in [0.2, 0.25) is 0 Å². The smallest absolute Gasteiger partial charge is 0.191 e. The first-order valence-electron chi connectivity index (χ1n) is 6.95. The fraction of sp³-hybridized carbons (Fsp3) is 0.0588. The Morgan fingerprint density at radius 2 is 1.91 bits per heavy atom. The molecule has 1 aromatic heterocycles. The predicted molar refractivity (Wildman–Crippen MR) is 96.4 cm³/mol. The molecule has 3 rings (SSSR count). The van der Waals surface area contributed by atoms with Gasteiger partial charge in [-0.1, -0.05) is 35.9 Å². The summed E-state index contributed by atoms with van der Waals surface area (Å²) in [4.78, 5) is 3.20. The summed E-state index contributed by atoms with van der Waals surface area (Å²) in [5.41, 5.74) is 7.07. The van der Waals surface area contributed by atoms with E-state index in [0.29, 0.717) is 5.11 Å². The van der Waals surface area contributed by atoms with E-state index in [2.05, 4.69) is 26.9 Å². The van der Waals surface area contributed by atoms with Crippen molar-refractivity contribution in [1.82, 2.24) is 10.4 Å². The first-order chi connectivity index (χ1) is 10.7. The van der Waals surface area contributed by atoms with Crippen LogP contribution < -0.4 is 10.7 Å². The van der Waals surface area contributed by atoms with Gasteiger partial charge in [-0.15, -0.1) is 0 Å². The lowest BCUT2D eigenvalue weighted by atomic mass is 10.2. The largest absolute Gasteiger partial charge is 0.361 e. The Bertz CT molecular complexity index is 818. The van der Waals surface area contributed by atoms with Crippen LogP contribution in [0.3, 0.4) is 0 Å². The molecular weight excluding hydrogens is 292 g/mol. The van der Waals surface area contributed by atoms with Crippen molar-refractivity contribution in [2.45, 2.75) is 6.92 Å². The molecule has 0 bridgehead atoms. The standard InChI is InChI=1S/C17H16N4S/c1-12-6-8-14(9-7-12)20-17(22)21-19-11-13-10-18-16-5-3-2-4-15(13)16/h2-11,18H,1H3,(H2,20,21,22). The number of hydrazone groups is 1. The third-order valence-corrected chi connectivity index (χ3v) is 3.49. The summed E-state index contributed by atoms with van der Waals surface area (Å²) in [6.07, 6.45) is 3.67. The second-order valence-corrected chi connectivity index (χ2v) is 5.39. The molecule has 0 aliphatic heterocycles. The Hall–Kier alpha value is -2.66. The minimum Gasteiger partial charge on any atom is -0.361 e. The van der Waals surface area contributed by atoms with Gasteiger partial charge in [-0.3, -0.25) is 5.43 Å². The Balaban J connectivity index is 1.62. The van der Waals surface area contributed by atoms with Crippen molar-refractivity contribution in [2.24, 2.45) is 5.10 Å². The maximum atomic E-state index is 5.22. The van der Waals surface area contributed by atoms with Crippen molar-refractivity contribution in [3.8, 4) is 0 Å². The lowest BCUT2D eigenvalue weighted by molar-refractivity contribution is 1.05. The SMILES string of the molecule is Cc1ccc(NC(=S)NN=Cc2c[nH]c3ccccc23)cc1. The highest BCUT2D eigenvalue weighted by Gasteiger charge is 2.00. The first kappa shape index (κ1) is 14.3. The summed E-state index contributed by atoms with van der Waals surface area (Å²) < 4.78 is 0. The number of nitrogens with one attached hydrogen (secondary N) is 3. The number of hydrogen-bond acceptors (Lipinski definition) is 2. The minimum absolute atomic E-state index is 0.458. The molecule has 2 aromatic carbocycles. The van der Waals surface area contributed by atoms with Crippen LogP contribution in [-0.2, 0) is 0 Å². The molecule has 110 valence electrons. The van der Waals surface area contributed by atoms with E-state index in [1.54, 1.807) is 6.21 Å². The zero-order chi connectivity index (χ0) is 15.4. The highest BCUT2D eigenvalue weighted by molar-refractivity contribution is 7.80. The van der Waals surface area contributed by atoms with E-state index in [0.717, 1.165) is 22.2 Å². The second-order valence-electron chi connectivity index (χ2n) is 4.98. The molecule has 0 fully saturated rings. The van der Waals surface area contributed by atoms with Gasteiger partial charge in [-0.05, 0) is 37.3 Å². The molecular formula is C17H16N4S. The van der Waals surface area contributed by atoms with E-state index in [-0.39, 0.29) is 0 Å². The average molecular weight is 308 g/mol. The highest BCUT2D eigenvalue weighted by atomic mass is 32.1. The van der Waals surface area contributed by atoms with Gasteiger partial charge in [0.15, 0.2) is 5.11 Å². The number of hydrogen-bond donors (Lipinski definition) is 3. The van der Waals surface area contributed by atoms with Crippen LogP contribution in [0.4, 0.5) is 5.69 Å². The van der Waals surface area contributed by atoms with Gasteiger partial charge in [0.25, 0.3) is 0 Å². The van der Waals surface area contributed by atoms with Gasteiger partial charge in [0, 0.05) is 28.4 Å². The lowest BCUT2D eigenvalue weighted by Gasteiger charge is -2.06. The molecule has 0 spiro atoms. The van der Waals surface area contributed by atoms with E-state index in [1.807, 2.05) is 55.6 Å². The fourth-order valence-corrected chi connectivity index (χ4v) is 2.33. The van der Waals surface area contributed by atoms with E-state index in [4.69, 9.17) is 12.2 Å². The topological polar surface area (TPSA) is 52.2 Å². The van der Waals surface area contributed by atoms with Gasteiger partial charge in [0.1, 0.15) is 0 Å². The summed E-state index contributed by atoms with van der Waals surface area (Å²) in [5.74, 6) is 0. The number of fused-ring (bicyclic) bond motifs is 1. The highest BCUT2D eigenvalue weighted by Crippen LogP contribution is 2.15. The van der Waals surface area contributed by atoms with Gasteiger partial charge < -0.3 is 10.3 Å². The second kappa shape index (κ2) is 6.41. The third-order valence-electron chi connectivity index (χ3n) is 3.30. The van der Waals surface area contributed by atoms with Crippen molar-refractivity contribution in [3.05, 3.63) is 65.9 Å². The molecule has 1 heterocycles. The first-order valence-corrected chi connectivity index (χ1v) is 7.36. The Morgan fingerprint density at radius 3 is 2.73 bits per heavy atom. The van der Waals surface area contributed by atoms with Crippen molar-refractivity contribution in [1.29, 1.82) is 0 Å². The monoisotopic (exact) mass is 308 g/mol. The molecule has 3 aromatic rings. The van der Waals surface area contributed by atoms with Crippen LogP contribution in [-0.4, -0.2) is 16.3 Å². The number of H-pyrrole nitrogens is 1. The predicted octanol–water partition coefficient (Wildman–Crippen LogP) is 3.80. The molecule has 0 aliphatic carbocycles. The maximum Gasteiger partial charge on any atom is 0.191 e. The molecule has 0 aliphatic rings. The molecule has 0 saturated heterocycles. The number of benzene rings is 2. The fourth-order valence-electron chi connectivity index (χ4n) is 2.16. The number of para-hydroxylation sites is 1. The van der Waals surface area contributed by atoms with Gasteiger partial charge >= 0.3 is 0 Å². The lowest BCUT2D eigenvalue weighted by Crippen LogP contribution is -2.23. The number of thiocarbonyl (C=S) groups is 1. The molecule has 4 nitrogen and oxygen atoms in total. The molecule has 0 atom stereocenters. The molecule has 0 amide bonds. The summed E-state index contributed by atoms with van der Waals surface area (Å²) in [6.45, 7) is 2.05. The van der Waals surface area contributed by atoms with Crippen molar-refractivity contribution in [2.75, 3.05) is 5.32 Å². The van der Waals surface area contributed by atoms with Gasteiger partial charge in [-0.25, -0.2) is 0 Å². The summed E-state index contributed by atoms with van der Waals surface area (Å²) >= 11 is 5.22. The van der Waals surface area contributed by atoms with E-state index in [9.17, 15) is 0 Å². The van der Waals surface area contributed by atoms with Gasteiger partial charge in [0.2, 0.25) is 0 Å². The number of aromatic amines is 1. The number of aryl methyl sites for hydroxylation is 1. The van der Waals surface area contributed by atoms with Crippen LogP contribution in [0.25, 0.3) is 10.9 Å². The molecule has 0 unspecified atom stereocenters. The molecule has 0 radical (unpaired) electrons. The summed E-state index contributed by atoms with van der Waals surface area (Å²) in [5, 5.41) is 8.85. The number of anilines is 1. The number of rotatable bonds is 3. The van der Waals surface area contributed by atoms with E-state index in [1.165, 1.54) is 5.56 Å². The third kappa shape index (κ3) is 3.32. The molecule has 5 heteroatoms. The summed E-state index contributed by atoms with van der Waals surface area (Å²) in [6, 6.07) is 16.1. The number of aromatic nitrogens is 1. The van der Waals surface area contributed by atoms with Crippen LogP contribution in [0.5, 0.6) is 0 Å². The summed E-state index contributed by atoms with van der Waals surface area (Å²) in [7, 11) is 0. The zero-order valence-corrected chi connectivity index (χ0v) is 12.9. The molecule has 0 saturated carbocycles. The van der Waals surface area contributed by atoms with Gasteiger partial charge in [0.05, 0.1) is 6.21 Å². The van der Waals surface area contributed by atoms with Crippen molar-refractivity contribution >= 4 is 40.1 Å². The van der Waals surface area contributed by atoms with Crippen molar-refractivity contribution in [3.63, 3.8) is 0 Å². The quantitative estimate of drug-likeness (QED) is 0.392. The Morgan fingerprint density at radius 1 is 1.14 bits per heavy atom. The van der Waals surface area contributed by atoms with Crippen LogP contribution in [0.15, 0.2) is 59.8 Å². The van der Waals surface area contributed by atoms with Crippen LogP contribution in [0.1, 0.15) is 11.1 Å². The average Bonchev–Trinajstić information content (AvgIpc) is 2.93. The Kier molecular flexibility index (Phi) is 4.16. The zero-order valence-electron chi connectivity index (χ0n) is 12.1. The Labute approximate surface area is 134 Å². The maximum absolute atomic E-state index is 5.22. The number of nitrogens with zero attached hydrogens (tertiary/aromatic N) is 1. The molecule has 22 heavy (non-hydrogen) atoms. The van der Waals surface area contributed by atoms with E-state index >= 15 is 0 Å². The molecule has 3 N–H and O–H groups in total. The van der Waals surface area contributed by atoms with Crippen LogP contribution >= 0.6 is 12.2 Å². The van der Waals surface area contributed by atoms with Gasteiger partial charge in [-0.2, -0.15) is 5.10 Å². The van der Waals surface area contributed by atoms with Crippen LogP contribution in [0, 0.1) is 6.92 Å².